The van der Waals surface area contributed by atoms with Gasteiger partial charge in [0.2, 0.25) is 0 Å². The Kier molecular flexibility index (Phi) is 4.33. The van der Waals surface area contributed by atoms with E-state index in [4.69, 9.17) is 4.74 Å². The van der Waals surface area contributed by atoms with Crippen LogP contribution in [0.3, 0.4) is 0 Å². The number of para-hydroxylation sites is 1. The Bertz CT molecular complexity index is 510. The smallest absolute Gasteiger partial charge is 0.122 e. The number of aliphatic hydroxyl groups is 1. The van der Waals surface area contributed by atoms with Gasteiger partial charge < -0.3 is 9.84 Å². The van der Waals surface area contributed by atoms with E-state index < -0.39 is 6.10 Å². The molecule has 96 valence electrons. The van der Waals surface area contributed by atoms with E-state index >= 15 is 0 Å². The molecule has 4 heteroatoms. The normalized spacial score (nSPS) is 12.4. The molecule has 1 aromatic heterocycles. The lowest BCUT2D eigenvalue weighted by atomic mass is 10.1. The van der Waals surface area contributed by atoms with E-state index in [0.29, 0.717) is 12.8 Å². The first-order valence-electron chi connectivity index (χ1n) is 5.90. The highest BCUT2D eigenvalue weighted by molar-refractivity contribution is 7.09. The van der Waals surface area contributed by atoms with Crippen molar-refractivity contribution in [2.24, 2.45) is 0 Å². The predicted octanol–water partition coefficient (Wildman–Crippen LogP) is 2.61. The number of ether oxygens (including phenoxy) is 1. The summed E-state index contributed by atoms with van der Waals surface area (Å²) in [5.41, 5.74) is 2.04. The summed E-state index contributed by atoms with van der Waals surface area (Å²) in [7, 11) is 1.65. The molecular formula is C14H17NO2S. The lowest BCUT2D eigenvalue weighted by Gasteiger charge is -2.12. The number of benzene rings is 1. The maximum absolute atomic E-state index is 10.1. The number of hydrogen-bond donors (Lipinski definition) is 1. The third-order valence-electron chi connectivity index (χ3n) is 2.72. The summed E-state index contributed by atoms with van der Waals surface area (Å²) < 4.78 is 5.28. The van der Waals surface area contributed by atoms with Crippen LogP contribution in [0.2, 0.25) is 0 Å². The molecule has 0 aliphatic heterocycles. The average molecular weight is 263 g/mol. The fraction of sp³-hybridized carbons (Fsp3) is 0.357. The van der Waals surface area contributed by atoms with E-state index in [9.17, 15) is 5.11 Å². The van der Waals surface area contributed by atoms with Gasteiger partial charge in [-0.2, -0.15) is 0 Å². The highest BCUT2D eigenvalue weighted by atomic mass is 32.1. The quantitative estimate of drug-likeness (QED) is 0.901. The van der Waals surface area contributed by atoms with Crippen molar-refractivity contribution in [2.45, 2.75) is 25.9 Å². The lowest BCUT2D eigenvalue weighted by molar-refractivity contribution is 0.174. The number of aromatic nitrogens is 1. The van der Waals surface area contributed by atoms with Crippen LogP contribution in [-0.4, -0.2) is 23.3 Å². The fourth-order valence-corrected chi connectivity index (χ4v) is 2.74. The van der Waals surface area contributed by atoms with Gasteiger partial charge in [0.05, 0.1) is 18.2 Å². The van der Waals surface area contributed by atoms with Crippen LogP contribution in [0.25, 0.3) is 0 Å². The summed E-state index contributed by atoms with van der Waals surface area (Å²) in [6.07, 6.45) is 0.756. The Morgan fingerprint density at radius 2 is 2.11 bits per heavy atom. The molecule has 1 atom stereocenters. The molecule has 0 aliphatic carbocycles. The highest BCUT2D eigenvalue weighted by Crippen LogP contribution is 2.20. The highest BCUT2D eigenvalue weighted by Gasteiger charge is 2.12. The van der Waals surface area contributed by atoms with Crippen LogP contribution in [0.4, 0.5) is 0 Å². The SMILES string of the molecule is COc1ccccc1CC(O)Cc1nc(C)cs1. The molecule has 1 heterocycles. The molecule has 2 aromatic rings. The minimum absolute atomic E-state index is 0.424. The maximum atomic E-state index is 10.1. The van der Waals surface area contributed by atoms with Gasteiger partial charge >= 0.3 is 0 Å². The molecule has 3 nitrogen and oxygen atoms in total. The topological polar surface area (TPSA) is 42.4 Å². The predicted molar refractivity (Wildman–Crippen MR) is 73.3 cm³/mol. The molecule has 0 fully saturated rings. The van der Waals surface area contributed by atoms with Crippen LogP contribution in [0, 0.1) is 6.92 Å². The number of aryl methyl sites for hydroxylation is 1. The van der Waals surface area contributed by atoms with Crippen LogP contribution in [0.15, 0.2) is 29.6 Å². The first-order chi connectivity index (χ1) is 8.69. The minimum atomic E-state index is -0.424. The Morgan fingerprint density at radius 3 is 2.78 bits per heavy atom. The zero-order valence-electron chi connectivity index (χ0n) is 10.6. The molecule has 0 aliphatic rings. The maximum Gasteiger partial charge on any atom is 0.122 e. The van der Waals surface area contributed by atoms with Crippen LogP contribution < -0.4 is 4.74 Å². The summed E-state index contributed by atoms with van der Waals surface area (Å²) in [5, 5.41) is 13.1. The van der Waals surface area contributed by atoms with E-state index in [0.717, 1.165) is 22.0 Å². The van der Waals surface area contributed by atoms with Crippen LogP contribution >= 0.6 is 11.3 Å². The molecule has 0 saturated heterocycles. The molecule has 2 rings (SSSR count). The minimum Gasteiger partial charge on any atom is -0.496 e. The van der Waals surface area contributed by atoms with Gasteiger partial charge in [-0.1, -0.05) is 18.2 Å². The number of hydrogen-bond acceptors (Lipinski definition) is 4. The average Bonchev–Trinajstić information content (AvgIpc) is 2.75. The summed E-state index contributed by atoms with van der Waals surface area (Å²) in [6.45, 7) is 1.96. The zero-order valence-corrected chi connectivity index (χ0v) is 11.4. The second-order valence-electron chi connectivity index (χ2n) is 4.26. The van der Waals surface area contributed by atoms with E-state index in [1.54, 1.807) is 18.4 Å². The molecule has 18 heavy (non-hydrogen) atoms. The van der Waals surface area contributed by atoms with Crippen molar-refractivity contribution in [3.63, 3.8) is 0 Å². The van der Waals surface area contributed by atoms with Gasteiger partial charge in [-0.05, 0) is 18.6 Å². The van der Waals surface area contributed by atoms with Gasteiger partial charge in [-0.3, -0.25) is 0 Å². The standard InChI is InChI=1S/C14H17NO2S/c1-10-9-18-14(15-10)8-12(16)7-11-5-3-4-6-13(11)17-2/h3-6,9,12,16H,7-8H2,1-2H3. The Labute approximate surface area is 111 Å². The van der Waals surface area contributed by atoms with E-state index in [2.05, 4.69) is 4.98 Å². The van der Waals surface area contributed by atoms with Crippen molar-refractivity contribution in [3.05, 3.63) is 45.9 Å². The first kappa shape index (κ1) is 13.1. The number of aliphatic hydroxyl groups excluding tert-OH is 1. The summed E-state index contributed by atoms with van der Waals surface area (Å²) in [5.74, 6) is 0.826. The van der Waals surface area contributed by atoms with Crippen molar-refractivity contribution in [1.29, 1.82) is 0 Å². The summed E-state index contributed by atoms with van der Waals surface area (Å²) in [4.78, 5) is 4.36. The summed E-state index contributed by atoms with van der Waals surface area (Å²) in [6, 6.07) is 7.78. The van der Waals surface area contributed by atoms with Gasteiger partial charge in [0.15, 0.2) is 0 Å². The van der Waals surface area contributed by atoms with E-state index in [-0.39, 0.29) is 0 Å². The van der Waals surface area contributed by atoms with E-state index in [1.807, 2.05) is 36.6 Å². The lowest BCUT2D eigenvalue weighted by Crippen LogP contribution is -2.14. The number of nitrogens with zero attached hydrogens (tertiary/aromatic N) is 1. The van der Waals surface area contributed by atoms with Gasteiger partial charge in [0, 0.05) is 23.9 Å². The number of rotatable bonds is 5. The molecule has 0 spiro atoms. The Hall–Kier alpha value is -1.39. The molecule has 0 saturated carbocycles. The number of thiazole rings is 1. The van der Waals surface area contributed by atoms with Gasteiger partial charge in [-0.15, -0.1) is 11.3 Å². The van der Waals surface area contributed by atoms with Gasteiger partial charge in [-0.25, -0.2) is 4.98 Å². The van der Waals surface area contributed by atoms with Gasteiger partial charge in [0.1, 0.15) is 5.75 Å². The largest absolute Gasteiger partial charge is 0.496 e. The van der Waals surface area contributed by atoms with Crippen LogP contribution in [-0.2, 0) is 12.8 Å². The van der Waals surface area contributed by atoms with Crippen molar-refractivity contribution in [1.82, 2.24) is 4.98 Å². The van der Waals surface area contributed by atoms with E-state index in [1.165, 1.54) is 0 Å². The second-order valence-corrected chi connectivity index (χ2v) is 5.20. The number of methoxy groups -OCH3 is 1. The van der Waals surface area contributed by atoms with Crippen LogP contribution in [0.1, 0.15) is 16.3 Å². The first-order valence-corrected chi connectivity index (χ1v) is 6.78. The molecule has 1 N–H and O–H groups in total. The molecule has 1 aromatic carbocycles. The monoisotopic (exact) mass is 263 g/mol. The zero-order chi connectivity index (χ0) is 13.0. The fourth-order valence-electron chi connectivity index (χ4n) is 1.90. The second kappa shape index (κ2) is 5.98. The molecule has 0 bridgehead atoms. The van der Waals surface area contributed by atoms with Gasteiger partial charge in [0.25, 0.3) is 0 Å². The molecule has 0 radical (unpaired) electrons. The van der Waals surface area contributed by atoms with Crippen molar-refractivity contribution < 1.29 is 9.84 Å². The third kappa shape index (κ3) is 3.31. The van der Waals surface area contributed by atoms with Crippen molar-refractivity contribution >= 4 is 11.3 Å². The Balaban J connectivity index is 2.00. The third-order valence-corrected chi connectivity index (χ3v) is 3.71. The Morgan fingerprint density at radius 1 is 1.33 bits per heavy atom. The molecule has 0 amide bonds. The van der Waals surface area contributed by atoms with Crippen molar-refractivity contribution in [2.75, 3.05) is 7.11 Å². The molecular weight excluding hydrogens is 246 g/mol. The van der Waals surface area contributed by atoms with Crippen molar-refractivity contribution in [3.8, 4) is 5.75 Å². The summed E-state index contributed by atoms with van der Waals surface area (Å²) >= 11 is 1.60. The van der Waals surface area contributed by atoms with Crippen LogP contribution in [0.5, 0.6) is 5.75 Å². The molecule has 1 unspecified atom stereocenters.